The molecule has 3 aromatic heterocycles. The number of hydrogen-bond acceptors (Lipinski definition) is 5. The van der Waals surface area contributed by atoms with Gasteiger partial charge in [-0.1, -0.05) is 22.9 Å². The first kappa shape index (κ1) is 17.1. The number of thiazole rings is 1. The van der Waals surface area contributed by atoms with Gasteiger partial charge in [0, 0.05) is 6.07 Å². The fourth-order valence-corrected chi connectivity index (χ4v) is 4.40. The molecule has 0 bridgehead atoms. The first-order valence-corrected chi connectivity index (χ1v) is 9.37. The van der Waals surface area contributed by atoms with Crippen molar-refractivity contribution in [2.24, 2.45) is 0 Å². The van der Waals surface area contributed by atoms with Gasteiger partial charge in [-0.25, -0.2) is 13.8 Å². The lowest BCUT2D eigenvalue weighted by Crippen LogP contribution is -2.29. The first-order valence-electron chi connectivity index (χ1n) is 7.36. The highest BCUT2D eigenvalue weighted by Gasteiger charge is 2.25. The highest BCUT2D eigenvalue weighted by Crippen LogP contribution is 2.34. The molecule has 132 valence electrons. The minimum Gasteiger partial charge on any atom is -0.467 e. The van der Waals surface area contributed by atoms with Crippen LogP contribution in [0.2, 0.25) is 4.34 Å². The molecule has 0 aliphatic rings. The minimum atomic E-state index is -0.771. The standard InChI is InChI=1S/C17H9ClF2N2O2S2/c18-14-4-3-12(25-14)16(23)22(8-10-2-1-5-24-10)17-21-15-11(20)6-9(19)7-13(15)26-17/h1-7H,8H2. The van der Waals surface area contributed by atoms with Crippen molar-refractivity contribution in [2.75, 3.05) is 4.90 Å². The van der Waals surface area contributed by atoms with E-state index in [4.69, 9.17) is 16.0 Å². The molecule has 0 saturated heterocycles. The number of fused-ring (bicyclic) bond motifs is 1. The molecule has 4 nitrogen and oxygen atoms in total. The van der Waals surface area contributed by atoms with Crippen molar-refractivity contribution in [1.29, 1.82) is 0 Å². The summed E-state index contributed by atoms with van der Waals surface area (Å²) in [6.45, 7) is 0.102. The van der Waals surface area contributed by atoms with Crippen LogP contribution in [-0.2, 0) is 6.54 Å². The maximum absolute atomic E-state index is 14.0. The lowest BCUT2D eigenvalue weighted by Gasteiger charge is -2.17. The molecular formula is C17H9ClF2N2O2S2. The van der Waals surface area contributed by atoms with Gasteiger partial charge in [0.05, 0.1) is 26.7 Å². The van der Waals surface area contributed by atoms with Crippen molar-refractivity contribution >= 4 is 55.5 Å². The van der Waals surface area contributed by atoms with Gasteiger partial charge in [-0.05, 0) is 30.3 Å². The number of amides is 1. The Morgan fingerprint density at radius 2 is 2.08 bits per heavy atom. The number of rotatable bonds is 4. The van der Waals surface area contributed by atoms with Gasteiger partial charge in [0.25, 0.3) is 5.91 Å². The van der Waals surface area contributed by atoms with Crippen LogP contribution in [-0.4, -0.2) is 10.9 Å². The van der Waals surface area contributed by atoms with Gasteiger partial charge >= 0.3 is 0 Å². The summed E-state index contributed by atoms with van der Waals surface area (Å²) in [6, 6.07) is 8.61. The number of carbonyl (C=O) groups is 1. The van der Waals surface area contributed by atoms with E-state index in [9.17, 15) is 13.6 Å². The predicted octanol–water partition coefficient (Wildman–Crippen LogP) is 5.73. The van der Waals surface area contributed by atoms with Crippen LogP contribution >= 0.6 is 34.3 Å². The number of anilines is 1. The molecule has 4 rings (SSSR count). The Bertz CT molecular complexity index is 1090. The van der Waals surface area contributed by atoms with E-state index < -0.39 is 11.6 Å². The average Bonchev–Trinajstić information content (AvgIpc) is 3.32. The summed E-state index contributed by atoms with van der Waals surface area (Å²) >= 11 is 8.08. The van der Waals surface area contributed by atoms with Crippen LogP contribution in [0.25, 0.3) is 10.2 Å². The second kappa shape index (κ2) is 6.79. The maximum Gasteiger partial charge on any atom is 0.270 e. The third kappa shape index (κ3) is 3.23. The van der Waals surface area contributed by atoms with Crippen molar-refractivity contribution in [1.82, 2.24) is 4.98 Å². The number of benzene rings is 1. The van der Waals surface area contributed by atoms with E-state index in [0.29, 0.717) is 19.7 Å². The highest BCUT2D eigenvalue weighted by molar-refractivity contribution is 7.22. The van der Waals surface area contributed by atoms with Crippen LogP contribution in [0.5, 0.6) is 0 Å². The number of furan rings is 1. The van der Waals surface area contributed by atoms with Crippen molar-refractivity contribution in [3.05, 3.63) is 69.3 Å². The number of carbonyl (C=O) groups excluding carboxylic acids is 1. The molecule has 0 N–H and O–H groups in total. The van der Waals surface area contributed by atoms with Gasteiger partial charge in [0.1, 0.15) is 17.1 Å². The zero-order chi connectivity index (χ0) is 18.3. The Morgan fingerprint density at radius 3 is 2.77 bits per heavy atom. The molecule has 9 heteroatoms. The van der Waals surface area contributed by atoms with E-state index in [-0.39, 0.29) is 23.1 Å². The quantitative estimate of drug-likeness (QED) is 0.431. The molecule has 1 aromatic carbocycles. The molecule has 0 spiro atoms. The van der Waals surface area contributed by atoms with Crippen LogP contribution in [0.15, 0.2) is 47.1 Å². The zero-order valence-electron chi connectivity index (χ0n) is 12.9. The highest BCUT2D eigenvalue weighted by atomic mass is 35.5. The molecule has 1 amide bonds. The largest absolute Gasteiger partial charge is 0.467 e. The Hall–Kier alpha value is -2.29. The average molecular weight is 411 g/mol. The minimum absolute atomic E-state index is 0.0212. The van der Waals surface area contributed by atoms with Crippen molar-refractivity contribution in [3.63, 3.8) is 0 Å². The lowest BCUT2D eigenvalue weighted by atomic mass is 10.3. The van der Waals surface area contributed by atoms with Gasteiger partial charge in [-0.2, -0.15) is 0 Å². The number of thiophene rings is 1. The molecule has 0 saturated carbocycles. The molecule has 0 aliphatic heterocycles. The molecule has 0 fully saturated rings. The van der Waals surface area contributed by atoms with E-state index in [0.717, 1.165) is 28.7 Å². The fraction of sp³-hybridized carbons (Fsp3) is 0.0588. The van der Waals surface area contributed by atoms with Gasteiger partial charge in [-0.15, -0.1) is 11.3 Å². The first-order chi connectivity index (χ1) is 12.5. The van der Waals surface area contributed by atoms with Gasteiger partial charge in [0.15, 0.2) is 10.9 Å². The van der Waals surface area contributed by atoms with Crippen molar-refractivity contribution < 1.29 is 18.0 Å². The molecule has 0 aliphatic carbocycles. The summed E-state index contributed by atoms with van der Waals surface area (Å²) in [5, 5.41) is 0.246. The van der Waals surface area contributed by atoms with Crippen LogP contribution in [0, 0.1) is 11.6 Å². The van der Waals surface area contributed by atoms with Crippen LogP contribution in [0.1, 0.15) is 15.4 Å². The van der Waals surface area contributed by atoms with Crippen LogP contribution < -0.4 is 4.90 Å². The predicted molar refractivity (Wildman–Crippen MR) is 98.1 cm³/mol. The Labute approximate surface area is 159 Å². The summed E-state index contributed by atoms with van der Waals surface area (Å²) in [7, 11) is 0. The maximum atomic E-state index is 14.0. The Kier molecular flexibility index (Phi) is 4.47. The lowest BCUT2D eigenvalue weighted by molar-refractivity contribution is 0.0987. The van der Waals surface area contributed by atoms with E-state index >= 15 is 0 Å². The topological polar surface area (TPSA) is 46.3 Å². The second-order valence-corrected chi connectivity index (χ2v) is 8.03. The summed E-state index contributed by atoms with van der Waals surface area (Å²) in [5.41, 5.74) is 0.0212. The molecule has 4 aromatic rings. The smallest absolute Gasteiger partial charge is 0.270 e. The molecular weight excluding hydrogens is 402 g/mol. The monoisotopic (exact) mass is 410 g/mol. The fourth-order valence-electron chi connectivity index (χ4n) is 2.41. The number of aromatic nitrogens is 1. The van der Waals surface area contributed by atoms with E-state index in [1.54, 1.807) is 24.3 Å². The molecule has 26 heavy (non-hydrogen) atoms. The van der Waals surface area contributed by atoms with Gasteiger partial charge in [-0.3, -0.25) is 9.69 Å². The SMILES string of the molecule is O=C(c1ccc(Cl)s1)N(Cc1ccco1)c1nc2c(F)cc(F)cc2s1. The van der Waals surface area contributed by atoms with E-state index in [1.165, 1.54) is 17.2 Å². The third-order valence-corrected chi connectivity index (χ3v) is 5.80. The van der Waals surface area contributed by atoms with Crippen molar-refractivity contribution in [3.8, 4) is 0 Å². The van der Waals surface area contributed by atoms with E-state index in [2.05, 4.69) is 4.98 Å². The van der Waals surface area contributed by atoms with Crippen molar-refractivity contribution in [2.45, 2.75) is 6.54 Å². The zero-order valence-corrected chi connectivity index (χ0v) is 15.3. The number of halogens is 3. The summed E-state index contributed by atoms with van der Waals surface area (Å²) in [5.74, 6) is -1.28. The summed E-state index contributed by atoms with van der Waals surface area (Å²) < 4.78 is 33.6. The molecule has 0 radical (unpaired) electrons. The summed E-state index contributed by atoms with van der Waals surface area (Å²) in [6.07, 6.45) is 1.49. The Morgan fingerprint density at radius 1 is 1.23 bits per heavy atom. The second-order valence-electron chi connectivity index (χ2n) is 5.31. The van der Waals surface area contributed by atoms with Crippen LogP contribution in [0.4, 0.5) is 13.9 Å². The van der Waals surface area contributed by atoms with Gasteiger partial charge in [0.2, 0.25) is 0 Å². The molecule has 3 heterocycles. The normalized spacial score (nSPS) is 11.2. The Balaban J connectivity index is 1.79. The van der Waals surface area contributed by atoms with Gasteiger partial charge < -0.3 is 4.42 Å². The molecule has 0 atom stereocenters. The van der Waals surface area contributed by atoms with Crippen LogP contribution in [0.3, 0.4) is 0 Å². The third-order valence-electron chi connectivity index (χ3n) is 3.56. The number of nitrogens with zero attached hydrogens (tertiary/aromatic N) is 2. The van der Waals surface area contributed by atoms with E-state index in [1.807, 2.05) is 0 Å². The molecule has 0 unspecified atom stereocenters. The number of hydrogen-bond donors (Lipinski definition) is 0. The summed E-state index contributed by atoms with van der Waals surface area (Å²) in [4.78, 5) is 18.9.